The van der Waals surface area contributed by atoms with Gasteiger partial charge in [-0.2, -0.15) is 13.9 Å². The fourth-order valence-corrected chi connectivity index (χ4v) is 5.35. The summed E-state index contributed by atoms with van der Waals surface area (Å²) in [7, 11) is 0. The molecule has 1 atom stereocenters. The van der Waals surface area contributed by atoms with Crippen LogP contribution in [0.2, 0.25) is 5.02 Å². The first-order valence-electron chi connectivity index (χ1n) is 12.2. The van der Waals surface area contributed by atoms with Crippen LogP contribution < -0.4 is 14.8 Å². The molecule has 2 heterocycles. The predicted molar refractivity (Wildman–Crippen MR) is 138 cm³/mol. The van der Waals surface area contributed by atoms with Crippen LogP contribution in [0, 0.1) is 11.3 Å². The normalized spacial score (nSPS) is 19.2. The van der Waals surface area contributed by atoms with Gasteiger partial charge in [0, 0.05) is 37.1 Å². The molecule has 1 saturated carbocycles. The van der Waals surface area contributed by atoms with Gasteiger partial charge in [-0.25, -0.2) is 8.93 Å². The highest BCUT2D eigenvalue weighted by Gasteiger charge is 2.28. The SMILES string of the molecule is CCn1nc(C(=O)NCC2CCC(NS(=O)O)CC2)c(Cl)c1-c1cnc(CC(C)(C)C)cc1OC(F)F. The van der Waals surface area contributed by atoms with Crippen molar-refractivity contribution in [1.29, 1.82) is 0 Å². The van der Waals surface area contributed by atoms with Crippen molar-refractivity contribution in [3.63, 3.8) is 0 Å². The zero-order valence-electron chi connectivity index (χ0n) is 21.4. The number of hydrogen-bond acceptors (Lipinski definition) is 5. The maximum Gasteiger partial charge on any atom is 0.387 e. The minimum absolute atomic E-state index is 0.00804. The van der Waals surface area contributed by atoms with Crippen LogP contribution in [-0.4, -0.2) is 48.6 Å². The second kappa shape index (κ2) is 12.6. The lowest BCUT2D eigenvalue weighted by molar-refractivity contribution is -0.0495. The number of pyridine rings is 1. The number of carbonyl (C=O) groups is 1. The van der Waals surface area contributed by atoms with E-state index in [0.29, 0.717) is 25.2 Å². The molecule has 0 bridgehead atoms. The van der Waals surface area contributed by atoms with Crippen molar-refractivity contribution in [1.82, 2.24) is 24.8 Å². The number of alkyl halides is 2. The Hall–Kier alpha value is -2.15. The molecule has 0 saturated heterocycles. The molecule has 3 N–H and O–H groups in total. The largest absolute Gasteiger partial charge is 0.434 e. The van der Waals surface area contributed by atoms with Crippen molar-refractivity contribution in [3.8, 4) is 17.0 Å². The summed E-state index contributed by atoms with van der Waals surface area (Å²) in [6.07, 6.45) is 5.02. The lowest BCUT2D eigenvalue weighted by Crippen LogP contribution is -2.37. The topological polar surface area (TPSA) is 118 Å². The van der Waals surface area contributed by atoms with Crippen molar-refractivity contribution in [2.45, 2.75) is 79.0 Å². The molecule has 1 aliphatic carbocycles. The third-order valence-corrected chi connectivity index (χ3v) is 7.07. The van der Waals surface area contributed by atoms with Crippen LogP contribution in [-0.2, 0) is 24.2 Å². The number of nitrogens with one attached hydrogen (secondary N) is 2. The summed E-state index contributed by atoms with van der Waals surface area (Å²) in [6, 6.07) is 1.45. The monoisotopic (exact) mass is 561 g/mol. The minimum Gasteiger partial charge on any atom is -0.434 e. The Balaban J connectivity index is 1.80. The van der Waals surface area contributed by atoms with Gasteiger partial charge in [0.05, 0.1) is 16.3 Å². The summed E-state index contributed by atoms with van der Waals surface area (Å²) < 4.78 is 55.4. The molecule has 0 aromatic carbocycles. The summed E-state index contributed by atoms with van der Waals surface area (Å²) in [5.74, 6) is -0.336. The molecule has 206 valence electrons. The molecule has 37 heavy (non-hydrogen) atoms. The summed E-state index contributed by atoms with van der Waals surface area (Å²) in [6.45, 7) is 5.55. The van der Waals surface area contributed by atoms with Gasteiger partial charge in [0.15, 0.2) is 5.69 Å². The highest BCUT2D eigenvalue weighted by molar-refractivity contribution is 7.77. The molecule has 0 spiro atoms. The third-order valence-electron chi connectivity index (χ3n) is 6.18. The second-order valence-electron chi connectivity index (χ2n) is 10.4. The molecular formula is C24H34ClF2N5O4S. The van der Waals surface area contributed by atoms with Crippen LogP contribution in [0.15, 0.2) is 12.3 Å². The van der Waals surface area contributed by atoms with Gasteiger partial charge in [-0.15, -0.1) is 0 Å². The number of hydrogen-bond donors (Lipinski definition) is 3. The van der Waals surface area contributed by atoms with Gasteiger partial charge in [-0.05, 0) is 50.4 Å². The van der Waals surface area contributed by atoms with Gasteiger partial charge in [0.2, 0.25) is 11.3 Å². The van der Waals surface area contributed by atoms with E-state index in [-0.39, 0.29) is 45.1 Å². The van der Waals surface area contributed by atoms with Crippen LogP contribution >= 0.6 is 11.6 Å². The molecule has 1 aliphatic rings. The zero-order chi connectivity index (χ0) is 27.3. The molecule has 13 heteroatoms. The average molecular weight is 562 g/mol. The maximum absolute atomic E-state index is 13.3. The number of nitrogens with zero attached hydrogens (tertiary/aromatic N) is 3. The standard InChI is InChI=1S/C24H34ClF2N5O4S/c1-5-32-21(17-13-28-16(11-24(2,3)4)10-18(17)36-23(26)27)19(25)20(30-32)22(33)29-12-14-6-8-15(9-7-14)31-37(34)35/h10,13-15,23,31H,5-9,11-12H2,1-4H3,(H,29,33)(H,34,35). The van der Waals surface area contributed by atoms with Crippen molar-refractivity contribution in [3.05, 3.63) is 28.7 Å². The first-order chi connectivity index (χ1) is 17.4. The molecule has 2 aromatic heterocycles. The van der Waals surface area contributed by atoms with Crippen molar-refractivity contribution >= 4 is 28.8 Å². The van der Waals surface area contributed by atoms with Gasteiger partial charge >= 0.3 is 6.61 Å². The van der Waals surface area contributed by atoms with E-state index in [2.05, 4.69) is 20.1 Å². The van der Waals surface area contributed by atoms with Crippen LogP contribution in [0.5, 0.6) is 5.75 Å². The number of halogens is 3. The number of amides is 1. The Morgan fingerprint density at radius 1 is 1.32 bits per heavy atom. The van der Waals surface area contributed by atoms with Crippen molar-refractivity contribution in [2.24, 2.45) is 11.3 Å². The van der Waals surface area contributed by atoms with Crippen molar-refractivity contribution < 1.29 is 27.1 Å². The lowest BCUT2D eigenvalue weighted by atomic mass is 9.86. The number of rotatable bonds is 10. The van der Waals surface area contributed by atoms with Gasteiger partial charge in [-0.1, -0.05) is 32.4 Å². The maximum atomic E-state index is 13.3. The van der Waals surface area contributed by atoms with Gasteiger partial charge in [0.25, 0.3) is 5.91 Å². The Bertz CT molecular complexity index is 1120. The summed E-state index contributed by atoms with van der Waals surface area (Å²) in [5.41, 5.74) is 0.981. The first kappa shape index (κ1) is 29.4. The highest BCUT2D eigenvalue weighted by atomic mass is 35.5. The molecule has 2 aromatic rings. The minimum atomic E-state index is -3.05. The van der Waals surface area contributed by atoms with E-state index in [1.54, 1.807) is 6.92 Å². The van der Waals surface area contributed by atoms with E-state index < -0.39 is 23.8 Å². The summed E-state index contributed by atoms with van der Waals surface area (Å²) in [4.78, 5) is 17.4. The quantitative estimate of drug-likeness (QED) is 0.358. The van der Waals surface area contributed by atoms with E-state index in [9.17, 15) is 17.8 Å². The number of aromatic nitrogens is 3. The van der Waals surface area contributed by atoms with Crippen molar-refractivity contribution in [2.75, 3.05) is 6.54 Å². The Morgan fingerprint density at radius 2 is 2.00 bits per heavy atom. The van der Waals surface area contributed by atoms with E-state index in [1.165, 1.54) is 16.9 Å². The fraction of sp³-hybridized carbons (Fsp3) is 0.625. The summed E-state index contributed by atoms with van der Waals surface area (Å²) in [5, 5.41) is 7.24. The molecule has 3 rings (SSSR count). The van der Waals surface area contributed by atoms with E-state index in [1.807, 2.05) is 20.8 Å². The van der Waals surface area contributed by atoms with Gasteiger partial charge in [-0.3, -0.25) is 19.0 Å². The highest BCUT2D eigenvalue weighted by Crippen LogP contribution is 2.38. The molecule has 1 amide bonds. The first-order valence-corrected chi connectivity index (χ1v) is 13.7. The molecule has 0 radical (unpaired) electrons. The van der Waals surface area contributed by atoms with E-state index in [0.717, 1.165) is 25.7 Å². The number of ether oxygens (including phenoxy) is 1. The fourth-order valence-electron chi connectivity index (χ4n) is 4.51. The Labute approximate surface area is 223 Å². The Kier molecular flexibility index (Phi) is 10.0. The van der Waals surface area contributed by atoms with E-state index in [4.69, 9.17) is 20.9 Å². The smallest absolute Gasteiger partial charge is 0.387 e. The van der Waals surface area contributed by atoms with Crippen LogP contribution in [0.4, 0.5) is 8.78 Å². The lowest BCUT2D eigenvalue weighted by Gasteiger charge is -2.28. The molecule has 9 nitrogen and oxygen atoms in total. The molecule has 0 aliphatic heterocycles. The number of carbonyl (C=O) groups excluding carboxylic acids is 1. The van der Waals surface area contributed by atoms with Gasteiger partial charge < -0.3 is 10.1 Å². The molecule has 1 unspecified atom stereocenters. The molecular weight excluding hydrogens is 528 g/mol. The van der Waals surface area contributed by atoms with Crippen LogP contribution in [0.3, 0.4) is 0 Å². The van der Waals surface area contributed by atoms with E-state index >= 15 is 0 Å². The molecule has 1 fully saturated rings. The summed E-state index contributed by atoms with van der Waals surface area (Å²) >= 11 is 4.56. The van der Waals surface area contributed by atoms with Gasteiger partial charge in [0.1, 0.15) is 5.75 Å². The van der Waals surface area contributed by atoms with Crippen LogP contribution in [0.1, 0.15) is 69.6 Å². The predicted octanol–water partition coefficient (Wildman–Crippen LogP) is 4.82. The zero-order valence-corrected chi connectivity index (χ0v) is 23.0. The second-order valence-corrected chi connectivity index (χ2v) is 11.5. The average Bonchev–Trinajstić information content (AvgIpc) is 3.13. The number of aryl methyl sites for hydroxylation is 1. The third kappa shape index (κ3) is 8.17. The van der Waals surface area contributed by atoms with Crippen LogP contribution in [0.25, 0.3) is 11.3 Å². The Morgan fingerprint density at radius 3 is 2.57 bits per heavy atom.